The molecule has 0 aromatic heterocycles. The molecule has 0 aromatic carbocycles. The van der Waals surface area contributed by atoms with Crippen molar-refractivity contribution in [2.75, 3.05) is 31.1 Å². The number of amides is 3. The van der Waals surface area contributed by atoms with Gasteiger partial charge in [-0.3, -0.25) is 14.4 Å². The minimum atomic E-state index is -0.888. The third kappa shape index (κ3) is 5.17. The van der Waals surface area contributed by atoms with Crippen molar-refractivity contribution >= 4 is 29.5 Å². The van der Waals surface area contributed by atoms with E-state index in [0.717, 1.165) is 12.8 Å². The van der Waals surface area contributed by atoms with Gasteiger partial charge in [0.15, 0.2) is 0 Å². The van der Waals surface area contributed by atoms with E-state index in [2.05, 4.69) is 10.6 Å². The summed E-state index contributed by atoms with van der Waals surface area (Å²) in [5.41, 5.74) is 0. The summed E-state index contributed by atoms with van der Waals surface area (Å²) in [6.45, 7) is 1.31. The van der Waals surface area contributed by atoms with Crippen molar-refractivity contribution in [2.24, 2.45) is 0 Å². The van der Waals surface area contributed by atoms with Crippen LogP contribution >= 0.6 is 11.8 Å². The average Bonchev–Trinajstić information content (AvgIpc) is 2.75. The van der Waals surface area contributed by atoms with Gasteiger partial charge in [-0.1, -0.05) is 0 Å². The maximum atomic E-state index is 11.6. The fraction of sp³-hybridized carbons (Fsp3) is 0.786. The molecule has 0 spiro atoms. The van der Waals surface area contributed by atoms with E-state index >= 15 is 0 Å². The van der Waals surface area contributed by atoms with Crippen LogP contribution in [0.3, 0.4) is 0 Å². The predicted octanol–water partition coefficient (Wildman–Crippen LogP) is -0.902. The van der Waals surface area contributed by atoms with Gasteiger partial charge in [-0.15, -0.1) is 11.8 Å². The molecule has 8 heteroatoms. The van der Waals surface area contributed by atoms with Crippen molar-refractivity contribution in [1.29, 1.82) is 0 Å². The Labute approximate surface area is 134 Å². The summed E-state index contributed by atoms with van der Waals surface area (Å²) in [7, 11) is 0. The first-order valence-corrected chi connectivity index (χ1v) is 8.82. The third-order valence-corrected chi connectivity index (χ3v) is 4.84. The molecular weight excluding hydrogens is 306 g/mol. The monoisotopic (exact) mass is 329 g/mol. The van der Waals surface area contributed by atoms with E-state index in [4.69, 9.17) is 0 Å². The predicted molar refractivity (Wildman–Crippen MR) is 83.3 cm³/mol. The molecule has 2 aliphatic rings. The highest BCUT2D eigenvalue weighted by Gasteiger charge is 2.29. The van der Waals surface area contributed by atoms with Crippen LogP contribution in [0.4, 0.5) is 0 Å². The first kappa shape index (κ1) is 17.1. The Kier molecular flexibility index (Phi) is 6.50. The molecule has 124 valence electrons. The second kappa shape index (κ2) is 8.38. The van der Waals surface area contributed by atoms with Crippen LogP contribution < -0.4 is 10.6 Å². The Balaban J connectivity index is 1.49. The molecule has 7 nitrogen and oxygen atoms in total. The van der Waals surface area contributed by atoms with Crippen LogP contribution in [0.25, 0.3) is 0 Å². The Morgan fingerprint density at radius 2 is 1.95 bits per heavy atom. The second-order valence-electron chi connectivity index (χ2n) is 5.67. The summed E-state index contributed by atoms with van der Waals surface area (Å²) in [5, 5.41) is 14.9. The summed E-state index contributed by atoms with van der Waals surface area (Å²) in [4.78, 5) is 36.2. The zero-order chi connectivity index (χ0) is 15.9. The Hall–Kier alpha value is -1.28. The maximum Gasteiger partial charge on any atom is 0.251 e. The molecule has 1 atom stereocenters. The molecule has 0 bridgehead atoms. The highest BCUT2D eigenvalue weighted by molar-refractivity contribution is 8.00. The molecule has 1 saturated carbocycles. The van der Waals surface area contributed by atoms with E-state index in [-0.39, 0.29) is 23.5 Å². The number of hydrogen-bond acceptors (Lipinski definition) is 5. The molecule has 1 aliphatic heterocycles. The number of thioether (sulfide) groups is 1. The Morgan fingerprint density at radius 1 is 1.23 bits per heavy atom. The third-order valence-electron chi connectivity index (χ3n) is 3.91. The normalized spacial score (nSPS) is 21.6. The van der Waals surface area contributed by atoms with Crippen LogP contribution in [-0.4, -0.2) is 71.0 Å². The zero-order valence-electron chi connectivity index (χ0n) is 12.5. The van der Waals surface area contributed by atoms with Crippen molar-refractivity contribution < 1.29 is 19.5 Å². The van der Waals surface area contributed by atoms with Crippen LogP contribution in [0.2, 0.25) is 0 Å². The van der Waals surface area contributed by atoms with Crippen LogP contribution in [0.1, 0.15) is 25.7 Å². The first-order chi connectivity index (χ1) is 10.6. The Morgan fingerprint density at radius 3 is 2.55 bits per heavy atom. The zero-order valence-corrected chi connectivity index (χ0v) is 13.4. The van der Waals surface area contributed by atoms with Gasteiger partial charge in [0.2, 0.25) is 11.8 Å². The van der Waals surface area contributed by atoms with E-state index in [1.807, 2.05) is 0 Å². The lowest BCUT2D eigenvalue weighted by Gasteiger charge is -2.26. The number of nitrogens with zero attached hydrogens (tertiary/aromatic N) is 1. The van der Waals surface area contributed by atoms with Gasteiger partial charge in [0.05, 0.1) is 11.5 Å². The van der Waals surface area contributed by atoms with Crippen molar-refractivity contribution in [1.82, 2.24) is 15.5 Å². The number of carbonyl (C=O) groups is 3. The largest absolute Gasteiger partial charge is 0.383 e. The number of rotatable bonds is 8. The van der Waals surface area contributed by atoms with Crippen LogP contribution in [0, 0.1) is 0 Å². The first-order valence-electron chi connectivity index (χ1n) is 7.67. The van der Waals surface area contributed by atoms with Crippen LogP contribution in [0.5, 0.6) is 0 Å². The molecule has 2 rings (SSSR count). The second-order valence-corrected chi connectivity index (χ2v) is 6.65. The van der Waals surface area contributed by atoms with Gasteiger partial charge in [0.25, 0.3) is 5.91 Å². The summed E-state index contributed by atoms with van der Waals surface area (Å²) in [6, 6.07) is 0.329. The topological polar surface area (TPSA) is 98.7 Å². The highest BCUT2D eigenvalue weighted by atomic mass is 32.2. The van der Waals surface area contributed by atoms with Gasteiger partial charge in [0.1, 0.15) is 6.10 Å². The van der Waals surface area contributed by atoms with Gasteiger partial charge in [0, 0.05) is 25.7 Å². The van der Waals surface area contributed by atoms with Gasteiger partial charge in [-0.25, -0.2) is 0 Å². The lowest BCUT2D eigenvalue weighted by atomic mass is 9.93. The Bertz CT molecular complexity index is 428. The number of aliphatic hydroxyl groups excluding tert-OH is 1. The SMILES string of the molecule is O=C(CSCC(=O)NC1CCC1)NCCN1CC[C@@H](O)C1=O. The molecule has 1 aliphatic carbocycles. The van der Waals surface area contributed by atoms with Crippen molar-refractivity contribution in [3.63, 3.8) is 0 Å². The standard InChI is InChI=1S/C14H23N3O4S/c18-11-4-6-17(14(11)21)7-5-15-12(19)8-22-9-13(20)16-10-2-1-3-10/h10-11,18H,1-9H2,(H,15,19)(H,16,20)/t11-/m1/s1. The molecule has 1 heterocycles. The number of aliphatic hydroxyl groups is 1. The fourth-order valence-electron chi connectivity index (χ4n) is 2.38. The molecular formula is C14H23N3O4S. The lowest BCUT2D eigenvalue weighted by molar-refractivity contribution is -0.134. The molecule has 0 radical (unpaired) electrons. The van der Waals surface area contributed by atoms with Gasteiger partial charge in [-0.05, 0) is 25.7 Å². The summed E-state index contributed by atoms with van der Waals surface area (Å²) >= 11 is 1.29. The van der Waals surface area contributed by atoms with Gasteiger partial charge < -0.3 is 20.6 Å². The molecule has 1 saturated heterocycles. The molecule has 22 heavy (non-hydrogen) atoms. The minimum absolute atomic E-state index is 0.0147. The van der Waals surface area contributed by atoms with E-state index < -0.39 is 6.10 Å². The van der Waals surface area contributed by atoms with Crippen molar-refractivity contribution in [3.8, 4) is 0 Å². The van der Waals surface area contributed by atoms with Gasteiger partial charge in [-0.2, -0.15) is 0 Å². The summed E-state index contributed by atoms with van der Waals surface area (Å²) < 4.78 is 0. The van der Waals surface area contributed by atoms with E-state index in [1.165, 1.54) is 18.2 Å². The molecule has 3 N–H and O–H groups in total. The average molecular weight is 329 g/mol. The van der Waals surface area contributed by atoms with Crippen LogP contribution in [0.15, 0.2) is 0 Å². The quantitative estimate of drug-likeness (QED) is 0.536. The van der Waals surface area contributed by atoms with E-state index in [1.54, 1.807) is 4.90 Å². The smallest absolute Gasteiger partial charge is 0.251 e. The fourth-order valence-corrected chi connectivity index (χ4v) is 3.04. The lowest BCUT2D eigenvalue weighted by Crippen LogP contribution is -2.40. The molecule has 0 aromatic rings. The molecule has 2 fully saturated rings. The van der Waals surface area contributed by atoms with E-state index in [9.17, 15) is 19.5 Å². The number of likely N-dealkylation sites (tertiary alicyclic amines) is 1. The summed E-state index contributed by atoms with van der Waals surface area (Å²) in [5.74, 6) is 0.0964. The molecule has 0 unspecified atom stereocenters. The van der Waals surface area contributed by atoms with Gasteiger partial charge >= 0.3 is 0 Å². The molecule has 3 amide bonds. The van der Waals surface area contributed by atoms with Crippen molar-refractivity contribution in [3.05, 3.63) is 0 Å². The minimum Gasteiger partial charge on any atom is -0.383 e. The summed E-state index contributed by atoms with van der Waals surface area (Å²) in [6.07, 6.45) is 2.86. The number of hydrogen-bond donors (Lipinski definition) is 3. The number of nitrogens with one attached hydrogen (secondary N) is 2. The highest BCUT2D eigenvalue weighted by Crippen LogP contribution is 2.18. The van der Waals surface area contributed by atoms with E-state index in [0.29, 0.717) is 37.8 Å². The van der Waals surface area contributed by atoms with Crippen LogP contribution in [-0.2, 0) is 14.4 Å². The number of carbonyl (C=O) groups excluding carboxylic acids is 3. The maximum absolute atomic E-state index is 11.6. The van der Waals surface area contributed by atoms with Crippen molar-refractivity contribution in [2.45, 2.75) is 37.8 Å².